The van der Waals surface area contributed by atoms with E-state index in [4.69, 9.17) is 28.3 Å². The summed E-state index contributed by atoms with van der Waals surface area (Å²) in [5.74, 6) is -7.94. The molecule has 0 bridgehead atoms. The Kier molecular flexibility index (Phi) is 6.74. The molecule has 9 nitrogen and oxygen atoms in total. The first-order valence-electron chi connectivity index (χ1n) is 13.8. The third-order valence-corrected chi connectivity index (χ3v) is 10.8. The van der Waals surface area contributed by atoms with Gasteiger partial charge in [-0.2, -0.15) is 0 Å². The minimum atomic E-state index is -2.08. The summed E-state index contributed by atoms with van der Waals surface area (Å²) in [6, 6.07) is 8.06. The Bertz CT molecular complexity index is 1640. The standard InChI is InChI=1S/C31H27Cl2FN2O7/c1-14-11-16(12-15(2)25(14)39)24-19-7-8-20-23(27(41)35(26(20)40)10-9-22(37)38)21(19)13-30(32)28(42)36(29(43)31(24,30)33)18-5-3-17(34)4-6-18/h3-7,11-12,20-21,23-24,39H,8-10,13H2,1-2H3,(H,37,38)/t20-,21+,23-,24-,30+,31-/m0/s1. The molecular formula is C31H27Cl2FN2O7. The molecule has 2 heterocycles. The molecule has 0 aromatic heterocycles. The number of amides is 4. The van der Waals surface area contributed by atoms with Crippen molar-refractivity contribution < 1.29 is 38.6 Å². The monoisotopic (exact) mass is 628 g/mol. The van der Waals surface area contributed by atoms with Crippen molar-refractivity contribution in [3.63, 3.8) is 0 Å². The van der Waals surface area contributed by atoms with E-state index >= 15 is 0 Å². The predicted molar refractivity (Wildman–Crippen MR) is 153 cm³/mol. The first kappa shape index (κ1) is 29.3. The van der Waals surface area contributed by atoms with Crippen LogP contribution in [0.3, 0.4) is 0 Å². The van der Waals surface area contributed by atoms with Gasteiger partial charge in [0, 0.05) is 12.5 Å². The van der Waals surface area contributed by atoms with Crippen LogP contribution in [-0.2, 0) is 24.0 Å². The quantitative estimate of drug-likeness (QED) is 0.288. The molecule has 4 amide bonds. The van der Waals surface area contributed by atoms with Gasteiger partial charge in [0.2, 0.25) is 11.8 Å². The second-order valence-electron chi connectivity index (χ2n) is 11.7. The average Bonchev–Trinajstić information content (AvgIpc) is 3.28. The van der Waals surface area contributed by atoms with Gasteiger partial charge in [-0.1, -0.05) is 23.8 Å². The topological polar surface area (TPSA) is 132 Å². The fourth-order valence-electron chi connectivity index (χ4n) is 7.42. The summed E-state index contributed by atoms with van der Waals surface area (Å²) in [5, 5.41) is 19.7. The van der Waals surface area contributed by atoms with Gasteiger partial charge in [0.1, 0.15) is 11.6 Å². The van der Waals surface area contributed by atoms with Crippen LogP contribution in [0.4, 0.5) is 10.1 Å². The summed E-state index contributed by atoms with van der Waals surface area (Å²) in [7, 11) is 0. The number of anilines is 1. The number of carbonyl (C=O) groups is 5. The average molecular weight is 629 g/mol. The van der Waals surface area contributed by atoms with Gasteiger partial charge >= 0.3 is 5.97 Å². The third kappa shape index (κ3) is 3.99. The summed E-state index contributed by atoms with van der Waals surface area (Å²) in [6.07, 6.45) is 1.26. The smallest absolute Gasteiger partial charge is 0.305 e. The molecule has 224 valence electrons. The lowest BCUT2D eigenvalue weighted by atomic mass is 9.56. The van der Waals surface area contributed by atoms with Crippen LogP contribution in [0.5, 0.6) is 5.75 Å². The zero-order chi connectivity index (χ0) is 31.2. The number of likely N-dealkylation sites (tertiary alicyclic amines) is 1. The minimum absolute atomic E-state index is 0.0435. The second-order valence-corrected chi connectivity index (χ2v) is 13.0. The van der Waals surface area contributed by atoms with E-state index in [9.17, 15) is 33.5 Å². The first-order valence-corrected chi connectivity index (χ1v) is 14.6. The number of alkyl halides is 2. The van der Waals surface area contributed by atoms with E-state index in [0.29, 0.717) is 22.3 Å². The number of aryl methyl sites for hydroxylation is 2. The van der Waals surface area contributed by atoms with Gasteiger partial charge in [-0.15, -0.1) is 23.2 Å². The SMILES string of the molecule is Cc1cc([C@H]2C3=CC[C@@H]4C(=O)N(CCC(=O)O)C(=O)[C@@H]4[C@@H]3C[C@@]3(Cl)C(=O)N(c4ccc(F)cc4)C(=O)[C@@]23Cl)cc(C)c1O. The maximum atomic E-state index is 14.3. The molecule has 12 heteroatoms. The zero-order valence-electron chi connectivity index (χ0n) is 23.1. The number of hydrogen-bond donors (Lipinski definition) is 2. The van der Waals surface area contributed by atoms with Gasteiger partial charge in [-0.25, -0.2) is 9.29 Å². The summed E-state index contributed by atoms with van der Waals surface area (Å²) >= 11 is 14.6. The summed E-state index contributed by atoms with van der Waals surface area (Å²) < 4.78 is 13.8. The molecule has 0 unspecified atom stereocenters. The molecule has 1 saturated carbocycles. The fraction of sp³-hybridized carbons (Fsp3) is 0.387. The highest BCUT2D eigenvalue weighted by Gasteiger charge is 2.76. The number of nitrogens with zero attached hydrogens (tertiary/aromatic N) is 2. The summed E-state index contributed by atoms with van der Waals surface area (Å²) in [6.45, 7) is 3.07. The molecule has 0 radical (unpaired) electrons. The van der Waals surface area contributed by atoms with Crippen molar-refractivity contribution in [2.24, 2.45) is 17.8 Å². The molecule has 2 saturated heterocycles. The highest BCUT2D eigenvalue weighted by molar-refractivity contribution is 6.58. The van der Waals surface area contributed by atoms with E-state index in [1.807, 2.05) is 0 Å². The lowest BCUT2D eigenvalue weighted by Crippen LogP contribution is -2.60. The van der Waals surface area contributed by atoms with Crippen LogP contribution >= 0.6 is 23.2 Å². The van der Waals surface area contributed by atoms with Gasteiger partial charge in [0.15, 0.2) is 9.75 Å². The maximum absolute atomic E-state index is 14.3. The van der Waals surface area contributed by atoms with Crippen molar-refractivity contribution in [2.75, 3.05) is 11.4 Å². The molecule has 6 rings (SSSR count). The van der Waals surface area contributed by atoms with Gasteiger partial charge in [-0.05, 0) is 73.6 Å². The Balaban J connectivity index is 1.53. The Labute approximate surface area is 255 Å². The maximum Gasteiger partial charge on any atom is 0.305 e. The molecule has 2 aliphatic heterocycles. The van der Waals surface area contributed by atoms with Crippen molar-refractivity contribution in [1.29, 1.82) is 0 Å². The lowest BCUT2D eigenvalue weighted by Gasteiger charge is -2.50. The zero-order valence-corrected chi connectivity index (χ0v) is 24.7. The molecule has 3 fully saturated rings. The molecule has 6 atom stereocenters. The number of aromatic hydroxyl groups is 1. The van der Waals surface area contributed by atoms with Crippen LogP contribution in [0.25, 0.3) is 0 Å². The molecular weight excluding hydrogens is 602 g/mol. The number of aliphatic carboxylic acids is 1. The van der Waals surface area contributed by atoms with Crippen molar-refractivity contribution in [3.8, 4) is 5.75 Å². The van der Waals surface area contributed by atoms with E-state index in [1.54, 1.807) is 32.1 Å². The minimum Gasteiger partial charge on any atom is -0.507 e. The van der Waals surface area contributed by atoms with Crippen LogP contribution in [0.1, 0.15) is 41.9 Å². The number of carboxylic acids is 1. The molecule has 4 aliphatic rings. The lowest BCUT2D eigenvalue weighted by molar-refractivity contribution is -0.142. The first-order chi connectivity index (χ1) is 20.2. The van der Waals surface area contributed by atoms with E-state index in [1.165, 1.54) is 12.1 Å². The Hall–Kier alpha value is -3.76. The Morgan fingerprint density at radius 1 is 1.00 bits per heavy atom. The highest BCUT2D eigenvalue weighted by Crippen LogP contribution is 2.66. The van der Waals surface area contributed by atoms with Crippen molar-refractivity contribution in [3.05, 3.63) is 70.6 Å². The Morgan fingerprint density at radius 3 is 2.23 bits per heavy atom. The number of carbonyl (C=O) groups excluding carboxylic acids is 4. The summed E-state index contributed by atoms with van der Waals surface area (Å²) in [5.41, 5.74) is 2.12. The number of hydrogen-bond acceptors (Lipinski definition) is 6. The van der Waals surface area contributed by atoms with Gasteiger partial charge < -0.3 is 10.2 Å². The highest BCUT2D eigenvalue weighted by atomic mass is 35.5. The van der Waals surface area contributed by atoms with Crippen molar-refractivity contribution >= 4 is 58.5 Å². The van der Waals surface area contributed by atoms with Gasteiger partial charge in [-0.3, -0.25) is 28.9 Å². The number of halogens is 3. The van der Waals surface area contributed by atoms with E-state index in [0.717, 1.165) is 21.9 Å². The van der Waals surface area contributed by atoms with Crippen LogP contribution in [0.15, 0.2) is 48.0 Å². The van der Waals surface area contributed by atoms with E-state index in [2.05, 4.69) is 0 Å². The van der Waals surface area contributed by atoms with Gasteiger partial charge in [0.25, 0.3) is 11.8 Å². The number of phenolic OH excluding ortho intramolecular Hbond substituents is 1. The molecule has 2 aromatic rings. The molecule has 2 aliphatic carbocycles. The number of fused-ring (bicyclic) bond motifs is 4. The summed E-state index contributed by atoms with van der Waals surface area (Å²) in [4.78, 5) is 64.4. The fourth-order valence-corrected chi connectivity index (χ4v) is 8.36. The van der Waals surface area contributed by atoms with Crippen molar-refractivity contribution in [2.45, 2.75) is 48.8 Å². The molecule has 43 heavy (non-hydrogen) atoms. The second kappa shape index (κ2) is 9.89. The van der Waals surface area contributed by atoms with E-state index < -0.39 is 75.3 Å². The normalized spacial score (nSPS) is 31.6. The molecule has 2 N–H and O–H groups in total. The van der Waals surface area contributed by atoms with Crippen LogP contribution in [0, 0.1) is 37.4 Å². The molecule has 0 spiro atoms. The van der Waals surface area contributed by atoms with Gasteiger partial charge in [0.05, 0.1) is 23.9 Å². The Morgan fingerprint density at radius 2 is 1.63 bits per heavy atom. The number of carboxylic acid groups (broad SMARTS) is 1. The molecule has 2 aromatic carbocycles. The van der Waals surface area contributed by atoms with Crippen molar-refractivity contribution in [1.82, 2.24) is 4.90 Å². The third-order valence-electron chi connectivity index (χ3n) is 9.38. The van der Waals surface area contributed by atoms with Crippen LogP contribution < -0.4 is 4.90 Å². The number of rotatable bonds is 5. The number of imide groups is 2. The predicted octanol–water partition coefficient (Wildman–Crippen LogP) is 4.19. The number of phenols is 1. The van der Waals surface area contributed by atoms with Crippen LogP contribution in [0.2, 0.25) is 0 Å². The number of allylic oxidation sites excluding steroid dienone is 2. The van der Waals surface area contributed by atoms with E-state index in [-0.39, 0.29) is 30.8 Å². The van der Waals surface area contributed by atoms with Crippen LogP contribution in [-0.4, -0.2) is 61.0 Å². The largest absolute Gasteiger partial charge is 0.507 e. The number of benzene rings is 2.